The predicted octanol–water partition coefficient (Wildman–Crippen LogP) is 4.20. The third-order valence-electron chi connectivity index (χ3n) is 4.35. The van der Waals surface area contributed by atoms with Crippen LogP contribution in [0.2, 0.25) is 5.02 Å². The first kappa shape index (κ1) is 14.8. The number of hydrogen-bond donors (Lipinski definition) is 2. The van der Waals surface area contributed by atoms with Crippen molar-refractivity contribution in [1.29, 1.82) is 0 Å². The lowest BCUT2D eigenvalue weighted by atomic mass is 9.75. The Morgan fingerprint density at radius 1 is 1.47 bits per heavy atom. The molecule has 1 aliphatic rings. The van der Waals surface area contributed by atoms with Crippen molar-refractivity contribution < 1.29 is 4.39 Å². The molecule has 0 aromatic heterocycles. The Labute approximate surface area is 119 Å². The van der Waals surface area contributed by atoms with Gasteiger partial charge in [0, 0.05) is 6.04 Å². The van der Waals surface area contributed by atoms with Crippen LogP contribution in [0.3, 0.4) is 0 Å². The Morgan fingerprint density at radius 3 is 2.89 bits per heavy atom. The number of nitrogens with one attached hydrogen (secondary N) is 1. The molecule has 0 bridgehead atoms. The molecule has 3 unspecified atom stereocenters. The van der Waals surface area contributed by atoms with Gasteiger partial charge in [-0.1, -0.05) is 43.9 Å². The summed E-state index contributed by atoms with van der Waals surface area (Å²) in [5.41, 5.74) is 3.76. The normalized spacial score (nSPS) is 25.3. The fraction of sp³-hybridized carbons (Fsp3) is 0.600. The van der Waals surface area contributed by atoms with E-state index < -0.39 is 0 Å². The summed E-state index contributed by atoms with van der Waals surface area (Å²) < 4.78 is 13.6. The van der Waals surface area contributed by atoms with Crippen LogP contribution in [-0.4, -0.2) is 0 Å². The van der Waals surface area contributed by atoms with Gasteiger partial charge in [-0.05, 0) is 42.4 Å². The van der Waals surface area contributed by atoms with E-state index in [2.05, 4.69) is 12.3 Å². The fourth-order valence-electron chi connectivity index (χ4n) is 3.22. The molecule has 1 aromatic carbocycles. The van der Waals surface area contributed by atoms with Gasteiger partial charge in [0.05, 0.1) is 5.02 Å². The highest BCUT2D eigenvalue weighted by Crippen LogP contribution is 2.38. The summed E-state index contributed by atoms with van der Waals surface area (Å²) in [6.45, 7) is 2.24. The van der Waals surface area contributed by atoms with Crippen LogP contribution in [-0.2, 0) is 0 Å². The molecule has 0 aliphatic heterocycles. The topological polar surface area (TPSA) is 38.0 Å². The van der Waals surface area contributed by atoms with Gasteiger partial charge in [0.1, 0.15) is 5.82 Å². The minimum absolute atomic E-state index is 0.0149. The number of hydrogen-bond acceptors (Lipinski definition) is 2. The molecule has 1 fully saturated rings. The van der Waals surface area contributed by atoms with E-state index in [0.29, 0.717) is 5.92 Å². The van der Waals surface area contributed by atoms with E-state index in [0.717, 1.165) is 24.3 Å². The zero-order chi connectivity index (χ0) is 13.8. The average molecular weight is 285 g/mol. The van der Waals surface area contributed by atoms with Crippen molar-refractivity contribution in [3.63, 3.8) is 0 Å². The molecule has 19 heavy (non-hydrogen) atoms. The summed E-state index contributed by atoms with van der Waals surface area (Å²) in [4.78, 5) is 0. The summed E-state index contributed by atoms with van der Waals surface area (Å²) in [6, 6.07) is 4.99. The molecule has 4 heteroatoms. The van der Waals surface area contributed by atoms with Gasteiger partial charge in [0.2, 0.25) is 0 Å². The molecule has 2 nitrogen and oxygen atoms in total. The molecule has 0 amide bonds. The van der Waals surface area contributed by atoms with E-state index in [-0.39, 0.29) is 16.9 Å². The number of nitrogens with two attached hydrogens (primary N) is 1. The van der Waals surface area contributed by atoms with Crippen molar-refractivity contribution >= 4 is 11.6 Å². The van der Waals surface area contributed by atoms with E-state index in [1.165, 1.54) is 25.3 Å². The van der Waals surface area contributed by atoms with Crippen LogP contribution < -0.4 is 11.3 Å². The van der Waals surface area contributed by atoms with Crippen molar-refractivity contribution in [2.24, 2.45) is 17.7 Å². The summed E-state index contributed by atoms with van der Waals surface area (Å²) >= 11 is 5.73. The third-order valence-corrected chi connectivity index (χ3v) is 4.66. The first-order valence-corrected chi connectivity index (χ1v) is 7.44. The quantitative estimate of drug-likeness (QED) is 0.642. The summed E-state index contributed by atoms with van der Waals surface area (Å²) in [7, 11) is 0. The molecule has 1 aromatic rings. The van der Waals surface area contributed by atoms with Gasteiger partial charge in [0.25, 0.3) is 0 Å². The third kappa shape index (κ3) is 3.47. The van der Waals surface area contributed by atoms with Crippen molar-refractivity contribution in [3.05, 3.63) is 34.6 Å². The zero-order valence-electron chi connectivity index (χ0n) is 11.3. The summed E-state index contributed by atoms with van der Waals surface area (Å²) in [5, 5.41) is 0.162. The molecule has 0 saturated heterocycles. The van der Waals surface area contributed by atoms with Crippen molar-refractivity contribution in [1.82, 2.24) is 5.43 Å². The molecule has 2 rings (SSSR count). The average Bonchev–Trinajstić information content (AvgIpc) is 2.44. The van der Waals surface area contributed by atoms with Crippen LogP contribution in [0.5, 0.6) is 0 Å². The molecular formula is C15H22ClFN2. The summed E-state index contributed by atoms with van der Waals surface area (Å²) in [5.74, 6) is 6.58. The van der Waals surface area contributed by atoms with Crippen molar-refractivity contribution in [3.8, 4) is 0 Å². The van der Waals surface area contributed by atoms with Crippen LogP contribution in [0.1, 0.15) is 50.6 Å². The van der Waals surface area contributed by atoms with E-state index in [9.17, 15) is 4.39 Å². The molecule has 3 N–H and O–H groups in total. The van der Waals surface area contributed by atoms with Crippen LogP contribution in [0, 0.1) is 17.7 Å². The Bertz CT molecular complexity index is 425. The maximum atomic E-state index is 13.6. The number of rotatable bonds is 4. The Kier molecular flexibility index (Phi) is 5.20. The van der Waals surface area contributed by atoms with Crippen LogP contribution in [0.25, 0.3) is 0 Å². The molecule has 1 aliphatic carbocycles. The first-order chi connectivity index (χ1) is 9.15. The Hall–Kier alpha value is -0.640. The highest BCUT2D eigenvalue weighted by Gasteiger charge is 2.28. The van der Waals surface area contributed by atoms with Gasteiger partial charge in [-0.25, -0.2) is 4.39 Å². The van der Waals surface area contributed by atoms with Gasteiger partial charge in [-0.15, -0.1) is 0 Å². The molecule has 3 atom stereocenters. The van der Waals surface area contributed by atoms with Gasteiger partial charge < -0.3 is 0 Å². The maximum Gasteiger partial charge on any atom is 0.142 e. The lowest BCUT2D eigenvalue weighted by Crippen LogP contribution is -2.35. The standard InChI is InChI=1S/C15H22ClFN2/c1-2-10-4-3-5-11(8-10)15(19-18)12-6-7-13(16)14(17)9-12/h6-7,9-11,15,19H,2-5,8,18H2,1H3. The van der Waals surface area contributed by atoms with Gasteiger partial charge >= 0.3 is 0 Å². The molecule has 1 saturated carbocycles. The van der Waals surface area contributed by atoms with Gasteiger partial charge in [-0.3, -0.25) is 11.3 Å². The highest BCUT2D eigenvalue weighted by molar-refractivity contribution is 6.30. The lowest BCUT2D eigenvalue weighted by Gasteiger charge is -2.34. The number of benzene rings is 1. The first-order valence-electron chi connectivity index (χ1n) is 7.06. The van der Waals surface area contributed by atoms with Crippen LogP contribution in [0.15, 0.2) is 18.2 Å². The highest BCUT2D eigenvalue weighted by atomic mass is 35.5. The number of halogens is 2. The van der Waals surface area contributed by atoms with Crippen LogP contribution in [0.4, 0.5) is 4.39 Å². The Morgan fingerprint density at radius 2 is 2.26 bits per heavy atom. The molecular weight excluding hydrogens is 263 g/mol. The maximum absolute atomic E-state index is 13.6. The lowest BCUT2D eigenvalue weighted by molar-refractivity contribution is 0.210. The largest absolute Gasteiger partial charge is 0.271 e. The summed E-state index contributed by atoms with van der Waals surface area (Å²) in [6.07, 6.45) is 6.06. The van der Waals surface area contributed by atoms with E-state index in [4.69, 9.17) is 17.4 Å². The van der Waals surface area contributed by atoms with E-state index >= 15 is 0 Å². The van der Waals surface area contributed by atoms with E-state index in [1.54, 1.807) is 6.07 Å². The van der Waals surface area contributed by atoms with Crippen LogP contribution >= 0.6 is 11.6 Å². The molecule has 0 spiro atoms. The van der Waals surface area contributed by atoms with Gasteiger partial charge in [-0.2, -0.15) is 0 Å². The fourth-order valence-corrected chi connectivity index (χ4v) is 3.33. The second-order valence-electron chi connectivity index (χ2n) is 5.52. The molecule has 106 valence electrons. The number of hydrazine groups is 1. The second-order valence-corrected chi connectivity index (χ2v) is 5.93. The van der Waals surface area contributed by atoms with Gasteiger partial charge in [0.15, 0.2) is 0 Å². The van der Waals surface area contributed by atoms with Crippen molar-refractivity contribution in [2.75, 3.05) is 0 Å². The second kappa shape index (κ2) is 6.69. The van der Waals surface area contributed by atoms with Crippen molar-refractivity contribution in [2.45, 2.75) is 45.1 Å². The monoisotopic (exact) mass is 284 g/mol. The molecule has 0 radical (unpaired) electrons. The zero-order valence-corrected chi connectivity index (χ0v) is 12.1. The Balaban J connectivity index is 2.16. The molecule has 0 heterocycles. The minimum Gasteiger partial charge on any atom is -0.271 e. The smallest absolute Gasteiger partial charge is 0.142 e. The van der Waals surface area contributed by atoms with E-state index in [1.807, 2.05) is 6.07 Å². The predicted molar refractivity (Wildman–Crippen MR) is 77.2 cm³/mol. The minimum atomic E-state index is -0.373. The SMILES string of the molecule is CCC1CCCC(C(NN)c2ccc(Cl)c(F)c2)C1.